The third-order valence-corrected chi connectivity index (χ3v) is 20.2. The van der Waals surface area contributed by atoms with Crippen molar-refractivity contribution in [2.24, 2.45) is 0 Å². The summed E-state index contributed by atoms with van der Waals surface area (Å²) in [4.78, 5) is 7.63. The fourth-order valence-corrected chi connectivity index (χ4v) is 15.4. The van der Waals surface area contributed by atoms with Gasteiger partial charge >= 0.3 is 0 Å². The van der Waals surface area contributed by atoms with Gasteiger partial charge < -0.3 is 19.1 Å². The maximum atomic E-state index is 7.17. The molecule has 17 rings (SSSR count). The molecule has 92 heavy (non-hydrogen) atoms. The van der Waals surface area contributed by atoms with Gasteiger partial charge in [-0.15, -0.1) is 0 Å². The van der Waals surface area contributed by atoms with E-state index < -0.39 is 0 Å². The van der Waals surface area contributed by atoms with Crippen LogP contribution in [0.3, 0.4) is 0 Å². The summed E-state index contributed by atoms with van der Waals surface area (Å²) in [6, 6.07) is 105. The molecule has 0 atom stereocenters. The first-order valence-corrected chi connectivity index (χ1v) is 32.5. The molecule has 1 aliphatic carbocycles. The molecule has 0 unspecified atom stereocenters. The molecule has 0 spiro atoms. The zero-order valence-corrected chi connectivity index (χ0v) is 53.4. The van der Waals surface area contributed by atoms with Crippen molar-refractivity contribution >= 4 is 107 Å². The Balaban J connectivity index is 0.929. The average Bonchev–Trinajstić information content (AvgIpc) is 0.812. The van der Waals surface area contributed by atoms with Crippen molar-refractivity contribution in [1.82, 2.24) is 0 Å². The van der Waals surface area contributed by atoms with Gasteiger partial charge in [0.2, 0.25) is 0 Å². The van der Waals surface area contributed by atoms with Gasteiger partial charge in [-0.3, -0.25) is 0 Å². The van der Waals surface area contributed by atoms with E-state index in [-0.39, 0.29) is 23.0 Å². The standard InChI is InChI=1S/C87H70BN3O/c1-85(2,3)61-39-43-63(44-40-61)89(76-49-37-57-24-15-16-27-66(57)82(76)58-25-13-10-14-26-58)65-45-47-73-78(54-65)91(77-32-21-30-70-69-29-18-20-33-81(69)92-84(70)77)80-53-62(86(4,5)6)52-79-83(80)88(73)74-51-60(55-22-11-9-12-23-55)38-48-75(74)90(79)64-41-34-56(35-42-64)59-36-46-68-67-28-17-19-31-71(67)87(7,8)72(68)50-59/h9-54H,1-8H3. The second-order valence-corrected chi connectivity index (χ2v) is 28.1. The molecule has 2 aliphatic heterocycles. The predicted octanol–water partition coefficient (Wildman–Crippen LogP) is 22.2. The molecule has 0 bridgehead atoms. The lowest BCUT2D eigenvalue weighted by Gasteiger charge is -2.45. The van der Waals surface area contributed by atoms with E-state index in [0.29, 0.717) is 0 Å². The Morgan fingerprint density at radius 1 is 0.380 bits per heavy atom. The van der Waals surface area contributed by atoms with Crippen LogP contribution in [0.4, 0.5) is 51.2 Å². The summed E-state index contributed by atoms with van der Waals surface area (Å²) in [7, 11) is 0. The molecule has 0 fully saturated rings. The third kappa shape index (κ3) is 8.73. The van der Waals surface area contributed by atoms with Crippen LogP contribution in [-0.2, 0) is 16.2 Å². The van der Waals surface area contributed by atoms with Crippen molar-refractivity contribution < 1.29 is 4.42 Å². The lowest BCUT2D eigenvalue weighted by atomic mass is 9.33. The van der Waals surface area contributed by atoms with Crippen LogP contribution < -0.4 is 31.1 Å². The summed E-state index contributed by atoms with van der Waals surface area (Å²) >= 11 is 0. The quantitative estimate of drug-likeness (QED) is 0.141. The Bertz CT molecular complexity index is 5280. The van der Waals surface area contributed by atoms with Gasteiger partial charge in [-0.1, -0.05) is 256 Å². The number of hydrogen-bond acceptors (Lipinski definition) is 4. The highest BCUT2D eigenvalue weighted by Gasteiger charge is 2.45. The second-order valence-electron chi connectivity index (χ2n) is 28.1. The first-order valence-electron chi connectivity index (χ1n) is 32.5. The molecule has 4 nitrogen and oxygen atoms in total. The zero-order chi connectivity index (χ0) is 62.4. The normalized spacial score (nSPS) is 13.7. The van der Waals surface area contributed by atoms with Crippen molar-refractivity contribution in [3.63, 3.8) is 0 Å². The Labute approximate surface area is 540 Å². The maximum absolute atomic E-state index is 7.17. The van der Waals surface area contributed by atoms with Crippen LogP contribution in [0.25, 0.3) is 77.2 Å². The Kier molecular flexibility index (Phi) is 12.5. The van der Waals surface area contributed by atoms with Crippen LogP contribution in [0.1, 0.15) is 77.6 Å². The average molecular weight is 1180 g/mol. The van der Waals surface area contributed by atoms with Gasteiger partial charge in [-0.2, -0.15) is 0 Å². The van der Waals surface area contributed by atoms with Gasteiger partial charge in [0, 0.05) is 61.6 Å². The topological polar surface area (TPSA) is 22.9 Å². The van der Waals surface area contributed by atoms with E-state index in [1.807, 2.05) is 0 Å². The highest BCUT2D eigenvalue weighted by Crippen LogP contribution is 2.53. The van der Waals surface area contributed by atoms with Crippen LogP contribution in [0.5, 0.6) is 0 Å². The van der Waals surface area contributed by atoms with Crippen LogP contribution in [-0.4, -0.2) is 6.71 Å². The van der Waals surface area contributed by atoms with Crippen molar-refractivity contribution in [1.29, 1.82) is 0 Å². The van der Waals surface area contributed by atoms with Crippen molar-refractivity contribution in [3.05, 3.63) is 301 Å². The van der Waals surface area contributed by atoms with E-state index in [9.17, 15) is 0 Å². The summed E-state index contributed by atoms with van der Waals surface area (Å²) < 4.78 is 7.17. The summed E-state index contributed by atoms with van der Waals surface area (Å²) in [5, 5.41) is 4.57. The van der Waals surface area contributed by atoms with E-state index in [1.165, 1.54) is 94.0 Å². The van der Waals surface area contributed by atoms with Crippen molar-refractivity contribution in [2.75, 3.05) is 14.7 Å². The molecule has 1 aromatic heterocycles. The molecule has 442 valence electrons. The summed E-state index contributed by atoms with van der Waals surface area (Å²) in [6.07, 6.45) is 0. The van der Waals surface area contributed by atoms with Crippen LogP contribution >= 0.6 is 0 Å². The van der Waals surface area contributed by atoms with Crippen LogP contribution in [0, 0.1) is 0 Å². The molecule has 0 N–H and O–H groups in total. The van der Waals surface area contributed by atoms with Gasteiger partial charge in [0.15, 0.2) is 5.58 Å². The highest BCUT2D eigenvalue weighted by atomic mass is 16.3. The Morgan fingerprint density at radius 3 is 1.75 bits per heavy atom. The minimum absolute atomic E-state index is 0.0342. The van der Waals surface area contributed by atoms with E-state index in [1.54, 1.807) is 0 Å². The molecule has 5 heteroatoms. The van der Waals surface area contributed by atoms with Crippen LogP contribution in [0.15, 0.2) is 283 Å². The highest BCUT2D eigenvalue weighted by molar-refractivity contribution is 7.00. The number of furan rings is 1. The number of hydrogen-bond donors (Lipinski definition) is 0. The number of benzene rings is 13. The maximum Gasteiger partial charge on any atom is 0.252 e. The molecule has 3 heterocycles. The fourth-order valence-electron chi connectivity index (χ4n) is 15.4. The summed E-state index contributed by atoms with van der Waals surface area (Å²) in [6.45, 7) is 18.5. The number of para-hydroxylation sites is 2. The molecule has 0 saturated heterocycles. The molecule has 13 aromatic carbocycles. The lowest BCUT2D eigenvalue weighted by molar-refractivity contribution is 0.590. The van der Waals surface area contributed by atoms with Gasteiger partial charge in [-0.25, -0.2) is 0 Å². The van der Waals surface area contributed by atoms with Crippen molar-refractivity contribution in [3.8, 4) is 44.5 Å². The van der Waals surface area contributed by atoms with Gasteiger partial charge in [0.25, 0.3) is 6.71 Å². The molecule has 0 saturated carbocycles. The SMILES string of the molecule is CC(C)(C)c1ccc(N(c2ccc3c(c2)N(c2cccc4c2oc2ccccc24)c2cc(C(C)(C)C)cc4c2B3c2cc(-c3ccccc3)ccc2N4c2ccc(-c3ccc4c(c3)C(C)(C)c3ccccc3-4)cc2)c2ccc3ccccc3c2-c2ccccc2)cc1. The Morgan fingerprint density at radius 2 is 0.989 bits per heavy atom. The largest absolute Gasteiger partial charge is 0.454 e. The molecular formula is C87H70BN3O. The third-order valence-electron chi connectivity index (χ3n) is 20.2. The van der Waals surface area contributed by atoms with E-state index in [0.717, 1.165) is 73.0 Å². The minimum atomic E-state index is -0.242. The zero-order valence-electron chi connectivity index (χ0n) is 53.4. The van der Waals surface area contributed by atoms with E-state index in [4.69, 9.17) is 4.42 Å². The molecule has 0 amide bonds. The smallest absolute Gasteiger partial charge is 0.252 e. The monoisotopic (exact) mass is 1180 g/mol. The molecular weight excluding hydrogens is 1110 g/mol. The summed E-state index contributed by atoms with van der Waals surface area (Å²) in [5.41, 5.74) is 30.0. The minimum Gasteiger partial charge on any atom is -0.454 e. The van der Waals surface area contributed by atoms with Gasteiger partial charge in [0.05, 0.1) is 11.4 Å². The molecule has 14 aromatic rings. The molecule has 3 aliphatic rings. The van der Waals surface area contributed by atoms with Crippen LogP contribution in [0.2, 0.25) is 0 Å². The second kappa shape index (κ2) is 20.7. The van der Waals surface area contributed by atoms with Gasteiger partial charge in [-0.05, 0) is 178 Å². The van der Waals surface area contributed by atoms with Crippen molar-refractivity contribution in [2.45, 2.75) is 71.6 Å². The van der Waals surface area contributed by atoms with E-state index >= 15 is 0 Å². The van der Waals surface area contributed by atoms with E-state index in [2.05, 4.69) is 349 Å². The fraction of sp³-hybridized carbons (Fsp3) is 0.126. The summed E-state index contributed by atoms with van der Waals surface area (Å²) in [5.74, 6) is 0. The number of rotatable bonds is 8. The number of nitrogens with zero attached hydrogens (tertiary/aromatic N) is 3. The first-order chi connectivity index (χ1) is 44.7. The predicted molar refractivity (Wildman–Crippen MR) is 391 cm³/mol. The molecule has 0 radical (unpaired) electrons. The first kappa shape index (κ1) is 55.5. The Hall–Kier alpha value is -10.6. The number of anilines is 9. The number of fused-ring (bicyclic) bond motifs is 11. The lowest BCUT2D eigenvalue weighted by Crippen LogP contribution is -2.61. The van der Waals surface area contributed by atoms with Gasteiger partial charge in [0.1, 0.15) is 5.58 Å².